The smallest absolute Gasteiger partial charge is 0.288 e. The zero-order valence-corrected chi connectivity index (χ0v) is 12.2. The molecule has 1 N–H and O–H groups in total. The zero-order chi connectivity index (χ0) is 15.6. The minimum Gasteiger partial charge on any atom is -0.375 e. The van der Waals surface area contributed by atoms with Gasteiger partial charge in [0.15, 0.2) is 0 Å². The molecular formula is C13H18N4O4. The average Bonchev–Trinajstić information content (AvgIpc) is 2.48. The van der Waals surface area contributed by atoms with E-state index in [0.717, 1.165) is 6.20 Å². The van der Waals surface area contributed by atoms with Gasteiger partial charge in [-0.3, -0.25) is 14.9 Å². The Kier molecular flexibility index (Phi) is 4.37. The zero-order valence-electron chi connectivity index (χ0n) is 12.2. The lowest BCUT2D eigenvalue weighted by Crippen LogP contribution is -2.50. The summed E-state index contributed by atoms with van der Waals surface area (Å²) in [5.74, 6) is 0.0511. The van der Waals surface area contributed by atoms with Crippen LogP contribution < -0.4 is 5.32 Å². The maximum absolute atomic E-state index is 12.7. The second-order valence-electron chi connectivity index (χ2n) is 5.05. The largest absolute Gasteiger partial charge is 0.375 e. The Morgan fingerprint density at radius 3 is 2.90 bits per heavy atom. The van der Waals surface area contributed by atoms with Crippen molar-refractivity contribution in [2.75, 3.05) is 25.5 Å². The molecule has 1 saturated heterocycles. The third kappa shape index (κ3) is 3.10. The Balaban J connectivity index is 2.36. The number of rotatable bonds is 3. The first kappa shape index (κ1) is 15.2. The van der Waals surface area contributed by atoms with Crippen LogP contribution in [0.2, 0.25) is 0 Å². The summed E-state index contributed by atoms with van der Waals surface area (Å²) in [4.78, 5) is 28.6. The molecule has 1 aliphatic heterocycles. The van der Waals surface area contributed by atoms with Crippen LogP contribution in [0.25, 0.3) is 0 Å². The number of anilines is 1. The van der Waals surface area contributed by atoms with Crippen LogP contribution in [0.1, 0.15) is 24.2 Å². The van der Waals surface area contributed by atoms with Gasteiger partial charge in [0.1, 0.15) is 12.0 Å². The lowest BCUT2D eigenvalue weighted by Gasteiger charge is -2.37. The van der Waals surface area contributed by atoms with E-state index in [1.807, 2.05) is 13.8 Å². The first-order chi connectivity index (χ1) is 9.93. The molecule has 1 aromatic heterocycles. The Bertz CT molecular complexity index is 563. The number of carbonyl (C=O) groups excluding carboxylic acids is 1. The van der Waals surface area contributed by atoms with Crippen LogP contribution in [0.3, 0.4) is 0 Å². The van der Waals surface area contributed by atoms with E-state index in [-0.39, 0.29) is 29.3 Å². The van der Waals surface area contributed by atoms with Crippen LogP contribution in [0, 0.1) is 10.1 Å². The normalized spacial score (nSPS) is 22.0. The Labute approximate surface area is 122 Å². The summed E-state index contributed by atoms with van der Waals surface area (Å²) < 4.78 is 5.49. The molecule has 21 heavy (non-hydrogen) atoms. The predicted octanol–water partition coefficient (Wildman–Crippen LogP) is 1.28. The Morgan fingerprint density at radius 1 is 1.57 bits per heavy atom. The molecule has 0 bridgehead atoms. The van der Waals surface area contributed by atoms with Gasteiger partial charge in [-0.05, 0) is 13.8 Å². The van der Waals surface area contributed by atoms with E-state index in [1.54, 1.807) is 11.9 Å². The molecule has 1 aliphatic rings. The van der Waals surface area contributed by atoms with E-state index in [9.17, 15) is 14.9 Å². The molecule has 0 spiro atoms. The molecule has 2 heterocycles. The second-order valence-corrected chi connectivity index (χ2v) is 5.05. The fraction of sp³-hybridized carbons (Fsp3) is 0.538. The maximum Gasteiger partial charge on any atom is 0.288 e. The molecule has 1 aromatic rings. The molecule has 0 radical (unpaired) electrons. The summed E-state index contributed by atoms with van der Waals surface area (Å²) in [6, 6.07) is 1.17. The minimum atomic E-state index is -0.561. The van der Waals surface area contributed by atoms with Crippen molar-refractivity contribution in [1.82, 2.24) is 9.88 Å². The molecule has 2 atom stereocenters. The third-order valence-electron chi connectivity index (χ3n) is 3.42. The SMILES string of the molecule is CNc1ncc([N+](=O)[O-])cc1C(=O)N1CC(C)OCC1C. The topological polar surface area (TPSA) is 97.6 Å². The van der Waals surface area contributed by atoms with Gasteiger partial charge < -0.3 is 15.0 Å². The van der Waals surface area contributed by atoms with Gasteiger partial charge in [0.05, 0.1) is 29.2 Å². The quantitative estimate of drug-likeness (QED) is 0.666. The van der Waals surface area contributed by atoms with Crippen LogP contribution in [0.15, 0.2) is 12.3 Å². The lowest BCUT2D eigenvalue weighted by atomic mass is 10.1. The number of hydrogen-bond acceptors (Lipinski definition) is 6. The molecule has 0 aliphatic carbocycles. The highest BCUT2D eigenvalue weighted by Crippen LogP contribution is 2.23. The number of nitro groups is 1. The number of aromatic nitrogens is 1. The molecular weight excluding hydrogens is 276 g/mol. The highest BCUT2D eigenvalue weighted by atomic mass is 16.6. The first-order valence-electron chi connectivity index (χ1n) is 6.68. The second kappa shape index (κ2) is 6.04. The number of hydrogen-bond donors (Lipinski definition) is 1. The van der Waals surface area contributed by atoms with Crippen molar-refractivity contribution in [3.8, 4) is 0 Å². The van der Waals surface area contributed by atoms with E-state index >= 15 is 0 Å². The van der Waals surface area contributed by atoms with Gasteiger partial charge in [0.25, 0.3) is 11.6 Å². The molecule has 8 nitrogen and oxygen atoms in total. The monoisotopic (exact) mass is 294 g/mol. The van der Waals surface area contributed by atoms with Crippen LogP contribution in [0.5, 0.6) is 0 Å². The van der Waals surface area contributed by atoms with Crippen LogP contribution in [-0.2, 0) is 4.74 Å². The van der Waals surface area contributed by atoms with E-state index < -0.39 is 4.92 Å². The number of nitrogens with one attached hydrogen (secondary N) is 1. The van der Waals surface area contributed by atoms with E-state index in [2.05, 4.69) is 10.3 Å². The molecule has 0 aromatic carbocycles. The van der Waals surface area contributed by atoms with Crippen LogP contribution in [-0.4, -0.2) is 53.1 Å². The fourth-order valence-electron chi connectivity index (χ4n) is 2.26. The molecule has 1 fully saturated rings. The van der Waals surface area contributed by atoms with Crippen molar-refractivity contribution < 1.29 is 14.5 Å². The maximum atomic E-state index is 12.7. The van der Waals surface area contributed by atoms with E-state index in [4.69, 9.17) is 4.74 Å². The number of carbonyl (C=O) groups is 1. The van der Waals surface area contributed by atoms with Crippen molar-refractivity contribution in [1.29, 1.82) is 0 Å². The molecule has 114 valence electrons. The minimum absolute atomic E-state index is 0.0603. The van der Waals surface area contributed by atoms with Gasteiger partial charge in [-0.15, -0.1) is 0 Å². The summed E-state index contributed by atoms with van der Waals surface area (Å²) in [6.07, 6.45) is 1.07. The van der Waals surface area contributed by atoms with Crippen molar-refractivity contribution >= 4 is 17.4 Å². The highest BCUT2D eigenvalue weighted by molar-refractivity contribution is 5.99. The average molecular weight is 294 g/mol. The summed E-state index contributed by atoms with van der Waals surface area (Å²) in [5.41, 5.74) is -0.000962. The van der Waals surface area contributed by atoms with Crippen molar-refractivity contribution in [3.63, 3.8) is 0 Å². The number of amides is 1. The van der Waals surface area contributed by atoms with Crippen molar-refractivity contribution in [3.05, 3.63) is 27.9 Å². The molecule has 1 amide bonds. The van der Waals surface area contributed by atoms with Gasteiger partial charge in [-0.2, -0.15) is 0 Å². The summed E-state index contributed by atoms with van der Waals surface area (Å²) >= 11 is 0. The first-order valence-corrected chi connectivity index (χ1v) is 6.68. The van der Waals surface area contributed by atoms with Crippen LogP contribution >= 0.6 is 0 Å². The summed E-state index contributed by atoms with van der Waals surface area (Å²) in [5, 5.41) is 13.7. The Morgan fingerprint density at radius 2 is 2.29 bits per heavy atom. The lowest BCUT2D eigenvalue weighted by molar-refractivity contribution is -0.385. The van der Waals surface area contributed by atoms with Gasteiger partial charge in [0, 0.05) is 19.7 Å². The predicted molar refractivity (Wildman–Crippen MR) is 76.4 cm³/mol. The number of nitrogens with zero attached hydrogens (tertiary/aromatic N) is 3. The highest BCUT2D eigenvalue weighted by Gasteiger charge is 2.30. The standard InChI is InChI=1S/C13H18N4O4/c1-8-7-21-9(2)6-16(8)13(18)11-4-10(17(19)20)5-15-12(11)14-3/h4-5,8-9H,6-7H2,1-3H3,(H,14,15). The van der Waals surface area contributed by atoms with Gasteiger partial charge in [-0.1, -0.05) is 0 Å². The summed E-state index contributed by atoms with van der Waals surface area (Å²) in [6.45, 7) is 4.67. The van der Waals surface area contributed by atoms with Gasteiger partial charge >= 0.3 is 0 Å². The van der Waals surface area contributed by atoms with E-state index in [0.29, 0.717) is 19.0 Å². The summed E-state index contributed by atoms with van der Waals surface area (Å²) in [7, 11) is 1.62. The number of ether oxygens (including phenoxy) is 1. The van der Waals surface area contributed by atoms with Crippen LogP contribution in [0.4, 0.5) is 11.5 Å². The Hall–Kier alpha value is -2.22. The third-order valence-corrected chi connectivity index (χ3v) is 3.42. The number of morpholine rings is 1. The van der Waals surface area contributed by atoms with Gasteiger partial charge in [-0.25, -0.2) is 4.98 Å². The van der Waals surface area contributed by atoms with Crippen molar-refractivity contribution in [2.24, 2.45) is 0 Å². The van der Waals surface area contributed by atoms with Crippen molar-refractivity contribution in [2.45, 2.75) is 26.0 Å². The molecule has 2 unspecified atom stereocenters. The molecule has 2 rings (SSSR count). The van der Waals surface area contributed by atoms with E-state index in [1.165, 1.54) is 6.07 Å². The molecule has 0 saturated carbocycles. The molecule has 8 heteroatoms. The number of pyridine rings is 1. The fourth-order valence-corrected chi connectivity index (χ4v) is 2.26. The van der Waals surface area contributed by atoms with Gasteiger partial charge in [0.2, 0.25) is 0 Å².